The van der Waals surface area contributed by atoms with E-state index in [1.165, 1.54) is 16.7 Å². The topological polar surface area (TPSA) is 67.6 Å². The summed E-state index contributed by atoms with van der Waals surface area (Å²) in [5, 5.41) is 14.7. The van der Waals surface area contributed by atoms with Gasteiger partial charge in [0.15, 0.2) is 0 Å². The Hall–Kier alpha value is -5.86. The fourth-order valence-electron chi connectivity index (χ4n) is 8.50. The summed E-state index contributed by atoms with van der Waals surface area (Å²) in [4.78, 5) is 9.37. The van der Waals surface area contributed by atoms with Crippen molar-refractivity contribution in [2.45, 2.75) is 124 Å². The van der Waals surface area contributed by atoms with Crippen LogP contribution in [0, 0.1) is 23.5 Å². The normalized spacial score (nSPS) is 12.8. The molecule has 0 atom stereocenters. The van der Waals surface area contributed by atoms with Crippen molar-refractivity contribution < 1.29 is 25.9 Å². The van der Waals surface area contributed by atoms with Gasteiger partial charge in [0.2, 0.25) is 0 Å². The number of benzene rings is 5. The van der Waals surface area contributed by atoms with Crippen LogP contribution in [0.15, 0.2) is 120 Å². The SMILES string of the molecule is CC(C)(C)c1ccc(-c2[c-]cccc2)nc1.[2H]C(C)(C)c1c[c-]c(-c2ccc(C(C)(C)C)cn2)c2oc3c(-n4c5cc(C(C)(C)C)ccc5c5ccc(C(C)(C)C)cc54)c(C#N)ccc3c12.[Ir]. The molecule has 0 bridgehead atoms. The van der Waals surface area contributed by atoms with Crippen molar-refractivity contribution in [3.8, 4) is 34.3 Å². The van der Waals surface area contributed by atoms with Crippen LogP contribution in [0.3, 0.4) is 0 Å². The Morgan fingerprint density at radius 1 is 0.621 bits per heavy atom. The van der Waals surface area contributed by atoms with Gasteiger partial charge < -0.3 is 19.0 Å². The molecule has 0 saturated heterocycles. The molecule has 0 amide bonds. The maximum Gasteiger partial charge on any atom is 0.146 e. The molecule has 0 aliphatic heterocycles. The first-order valence-corrected chi connectivity index (χ1v) is 22.7. The van der Waals surface area contributed by atoms with Crippen molar-refractivity contribution >= 4 is 43.7 Å². The molecule has 0 saturated carbocycles. The van der Waals surface area contributed by atoms with Gasteiger partial charge in [-0.2, -0.15) is 5.26 Å². The quantitative estimate of drug-likeness (QED) is 0.165. The van der Waals surface area contributed by atoms with Crippen LogP contribution in [-0.2, 0) is 41.8 Å². The molecule has 0 unspecified atom stereocenters. The number of rotatable bonds is 4. The molecule has 4 aromatic heterocycles. The van der Waals surface area contributed by atoms with Gasteiger partial charge in [-0.3, -0.25) is 0 Å². The van der Waals surface area contributed by atoms with Gasteiger partial charge >= 0.3 is 0 Å². The second-order valence-corrected chi connectivity index (χ2v) is 21.8. The molecule has 0 fully saturated rings. The molecule has 0 spiro atoms. The zero-order valence-corrected chi connectivity index (χ0v) is 43.4. The molecule has 0 aliphatic carbocycles. The maximum atomic E-state index is 10.7. The van der Waals surface area contributed by atoms with Crippen LogP contribution >= 0.6 is 0 Å². The Morgan fingerprint density at radius 3 is 1.59 bits per heavy atom. The van der Waals surface area contributed by atoms with Crippen molar-refractivity contribution in [1.82, 2.24) is 14.5 Å². The first-order chi connectivity index (χ1) is 30.9. The van der Waals surface area contributed by atoms with E-state index in [-0.39, 0.29) is 41.8 Å². The third-order valence-corrected chi connectivity index (χ3v) is 12.6. The van der Waals surface area contributed by atoms with E-state index in [2.05, 4.69) is 165 Å². The standard InChI is InChI=1S/C45H46N3O.C15H16N.Ir/c1-26(2)31-19-20-34(36-21-15-30(25-47-36)45(9,10)11)41-39(31)35-16-12-27(24-46)40(42(35)49-41)48-37-22-28(43(3,4)5)13-17-32(37)33-18-14-29(23-38(33)48)44(6,7)8;1-15(2,3)13-9-10-14(16-11-13)12-7-5-4-6-8-12;/h12-19,21-23,25-26H,1-11H3;4-7,9-11H,1-3H3;/q2*-1;/i26D;;. The summed E-state index contributed by atoms with van der Waals surface area (Å²) in [6, 6.07) is 44.6. The fourth-order valence-corrected chi connectivity index (χ4v) is 8.50. The number of fused-ring (bicyclic) bond motifs is 6. The van der Waals surface area contributed by atoms with Gasteiger partial charge in [-0.05, 0) is 73.5 Å². The first kappa shape index (κ1) is 46.7. The average molecular weight is 1050 g/mol. The number of hydrogen-bond donors (Lipinski definition) is 0. The molecule has 9 aromatic rings. The van der Waals surface area contributed by atoms with Gasteiger partial charge in [-0.25, -0.2) is 0 Å². The van der Waals surface area contributed by atoms with Crippen LogP contribution in [0.25, 0.3) is 71.9 Å². The van der Waals surface area contributed by atoms with E-state index in [1.54, 1.807) is 0 Å². The third-order valence-electron chi connectivity index (χ3n) is 12.6. The summed E-state index contributed by atoms with van der Waals surface area (Å²) in [6.45, 7) is 30.3. The van der Waals surface area contributed by atoms with Crippen molar-refractivity contribution in [2.75, 3.05) is 0 Å². The second kappa shape index (κ2) is 17.7. The molecular formula is C60H62IrN4O-2. The average Bonchev–Trinajstić information content (AvgIpc) is 3.80. The number of furan rings is 1. The van der Waals surface area contributed by atoms with Crippen LogP contribution in [0.4, 0.5) is 0 Å². The molecule has 66 heavy (non-hydrogen) atoms. The Balaban J connectivity index is 0.000000331. The number of aromatic nitrogens is 3. The second-order valence-electron chi connectivity index (χ2n) is 21.8. The molecular weight excluding hydrogens is 985 g/mol. The van der Waals surface area contributed by atoms with Crippen LogP contribution in [0.1, 0.15) is 138 Å². The largest absolute Gasteiger partial charge is 0.498 e. The summed E-state index contributed by atoms with van der Waals surface area (Å²) in [7, 11) is 0. The number of nitrogens with zero attached hydrogens (tertiary/aromatic N) is 4. The molecule has 9 rings (SSSR count). The van der Waals surface area contributed by atoms with Crippen molar-refractivity contribution in [2.24, 2.45) is 0 Å². The van der Waals surface area contributed by atoms with Crippen LogP contribution in [0.5, 0.6) is 0 Å². The molecule has 4 heterocycles. The van der Waals surface area contributed by atoms with E-state index < -0.39 is 5.89 Å². The molecule has 5 nitrogen and oxygen atoms in total. The molecule has 0 N–H and O–H groups in total. The van der Waals surface area contributed by atoms with E-state index in [4.69, 9.17) is 10.8 Å². The summed E-state index contributed by atoms with van der Waals surface area (Å²) in [5.41, 5.74) is 13.6. The molecule has 6 heteroatoms. The van der Waals surface area contributed by atoms with E-state index >= 15 is 0 Å². The Morgan fingerprint density at radius 2 is 1.14 bits per heavy atom. The Kier molecular flexibility index (Phi) is 12.5. The minimum absolute atomic E-state index is 0. The molecule has 1 radical (unpaired) electrons. The van der Waals surface area contributed by atoms with Gasteiger partial charge in [-0.1, -0.05) is 168 Å². The van der Waals surface area contributed by atoms with Gasteiger partial charge in [0.1, 0.15) is 17.3 Å². The van der Waals surface area contributed by atoms with Crippen LogP contribution in [0.2, 0.25) is 0 Å². The maximum absolute atomic E-state index is 10.7. The minimum atomic E-state index is -0.933. The zero-order valence-electron chi connectivity index (χ0n) is 42.0. The van der Waals surface area contributed by atoms with Crippen LogP contribution < -0.4 is 0 Å². The van der Waals surface area contributed by atoms with Crippen molar-refractivity contribution in [1.29, 1.82) is 5.26 Å². The number of hydrogen-bond acceptors (Lipinski definition) is 4. The van der Waals surface area contributed by atoms with E-state index in [1.807, 2.05) is 74.8 Å². The summed E-state index contributed by atoms with van der Waals surface area (Å²) >= 11 is 0. The Labute approximate surface area is 407 Å². The van der Waals surface area contributed by atoms with Gasteiger partial charge in [0.25, 0.3) is 0 Å². The predicted molar refractivity (Wildman–Crippen MR) is 272 cm³/mol. The predicted octanol–water partition coefficient (Wildman–Crippen LogP) is 16.3. The summed E-state index contributed by atoms with van der Waals surface area (Å²) < 4.78 is 18.4. The first-order valence-electron chi connectivity index (χ1n) is 23.2. The summed E-state index contributed by atoms with van der Waals surface area (Å²) in [5.74, 6) is -0.933. The monoisotopic (exact) mass is 1050 g/mol. The molecule has 339 valence electrons. The van der Waals surface area contributed by atoms with Crippen molar-refractivity contribution in [3.05, 3.63) is 161 Å². The number of pyridine rings is 2. The molecule has 5 aromatic carbocycles. The number of nitriles is 1. The smallest absolute Gasteiger partial charge is 0.146 e. The molecule has 0 aliphatic rings. The van der Waals surface area contributed by atoms with E-state index in [9.17, 15) is 5.26 Å². The van der Waals surface area contributed by atoms with E-state index in [0.29, 0.717) is 22.4 Å². The Bertz CT molecular complexity index is 3230. The zero-order chi connectivity index (χ0) is 47.7. The van der Waals surface area contributed by atoms with Gasteiger partial charge in [0.05, 0.1) is 22.2 Å². The van der Waals surface area contributed by atoms with Gasteiger partial charge in [-0.15, -0.1) is 53.6 Å². The fraction of sp³-hybridized carbons (Fsp3) is 0.317. The third kappa shape index (κ3) is 9.14. The van der Waals surface area contributed by atoms with E-state index in [0.717, 1.165) is 66.2 Å². The van der Waals surface area contributed by atoms with Crippen molar-refractivity contribution in [3.63, 3.8) is 0 Å². The van der Waals surface area contributed by atoms with Crippen LogP contribution in [-0.4, -0.2) is 14.5 Å². The summed E-state index contributed by atoms with van der Waals surface area (Å²) in [6.07, 6.45) is 3.88. The minimum Gasteiger partial charge on any atom is -0.498 e. The van der Waals surface area contributed by atoms with Gasteiger partial charge in [0, 0.05) is 50.0 Å².